The van der Waals surface area contributed by atoms with Gasteiger partial charge >= 0.3 is 0 Å². The van der Waals surface area contributed by atoms with Crippen LogP contribution in [0.3, 0.4) is 0 Å². The van der Waals surface area contributed by atoms with Gasteiger partial charge in [-0.15, -0.1) is 0 Å². The van der Waals surface area contributed by atoms with E-state index in [4.69, 9.17) is 17.3 Å². The van der Waals surface area contributed by atoms with Crippen LogP contribution in [0.1, 0.15) is 31.2 Å². The molecule has 1 aliphatic carbocycles. The summed E-state index contributed by atoms with van der Waals surface area (Å²) in [7, 11) is -0.788. The average Bonchev–Trinajstić information content (AvgIpc) is 2.75. The Hall–Kier alpha value is -0.540. The van der Waals surface area contributed by atoms with E-state index in [-0.39, 0.29) is 0 Å². The van der Waals surface area contributed by atoms with Crippen LogP contribution in [-0.4, -0.2) is 9.46 Å². The number of anilines is 1. The summed E-state index contributed by atoms with van der Waals surface area (Å²) in [4.78, 5) is 0. The highest BCUT2D eigenvalue weighted by Crippen LogP contribution is 2.27. The highest BCUT2D eigenvalue weighted by Gasteiger charge is 2.21. The summed E-state index contributed by atoms with van der Waals surface area (Å²) in [5.74, 6) is 0.559. The fourth-order valence-electron chi connectivity index (χ4n) is 2.10. The molecule has 1 saturated carbocycles. The minimum atomic E-state index is -0.788. The fraction of sp³-hybridized carbons (Fsp3) is 0.500. The van der Waals surface area contributed by atoms with Crippen LogP contribution >= 0.6 is 11.6 Å². The Morgan fingerprint density at radius 2 is 2.06 bits per heavy atom. The van der Waals surface area contributed by atoms with Gasteiger partial charge in [-0.1, -0.05) is 30.5 Å². The maximum Gasteiger partial charge on any atom is 0.0503 e. The third-order valence-corrected chi connectivity index (χ3v) is 5.21. The van der Waals surface area contributed by atoms with E-state index in [1.807, 2.05) is 12.1 Å². The monoisotopic (exact) mass is 257 g/mol. The molecule has 4 heteroatoms. The molecule has 2 nitrogen and oxygen atoms in total. The first kappa shape index (κ1) is 11.9. The zero-order valence-electron chi connectivity index (χ0n) is 9.12. The number of rotatable bonds is 3. The second-order valence-corrected chi connectivity index (χ2v) is 6.41. The first-order chi connectivity index (χ1) is 7.66. The van der Waals surface area contributed by atoms with Gasteiger partial charge in [0.2, 0.25) is 0 Å². The Kier molecular flexibility index (Phi) is 3.87. The van der Waals surface area contributed by atoms with Crippen LogP contribution in [0.4, 0.5) is 5.69 Å². The van der Waals surface area contributed by atoms with Crippen LogP contribution in [0.5, 0.6) is 0 Å². The fourth-order valence-corrected chi connectivity index (χ4v) is 4.09. The summed E-state index contributed by atoms with van der Waals surface area (Å²) in [5.41, 5.74) is 7.22. The number of halogens is 1. The van der Waals surface area contributed by atoms with Crippen molar-refractivity contribution < 1.29 is 4.21 Å². The minimum Gasteiger partial charge on any atom is -0.399 e. The van der Waals surface area contributed by atoms with Crippen molar-refractivity contribution in [2.24, 2.45) is 0 Å². The molecule has 0 amide bonds. The van der Waals surface area contributed by atoms with Crippen LogP contribution in [0.15, 0.2) is 18.2 Å². The van der Waals surface area contributed by atoms with Gasteiger partial charge in [-0.25, -0.2) is 0 Å². The molecule has 1 aliphatic rings. The van der Waals surface area contributed by atoms with E-state index in [0.717, 1.165) is 18.4 Å². The lowest BCUT2D eigenvalue weighted by atomic mass is 10.2. The maximum atomic E-state index is 12.1. The molecule has 2 rings (SSSR count). The van der Waals surface area contributed by atoms with Crippen molar-refractivity contribution >= 4 is 28.1 Å². The van der Waals surface area contributed by atoms with Crippen LogP contribution in [0.2, 0.25) is 5.02 Å². The van der Waals surface area contributed by atoms with Crippen LogP contribution in [-0.2, 0) is 16.6 Å². The van der Waals surface area contributed by atoms with Gasteiger partial charge in [-0.05, 0) is 30.5 Å². The molecule has 1 unspecified atom stereocenters. The second kappa shape index (κ2) is 5.19. The van der Waals surface area contributed by atoms with E-state index in [2.05, 4.69) is 0 Å². The minimum absolute atomic E-state index is 0.369. The molecule has 1 fully saturated rings. The van der Waals surface area contributed by atoms with Gasteiger partial charge < -0.3 is 5.73 Å². The van der Waals surface area contributed by atoms with Gasteiger partial charge in [0.05, 0.1) is 5.75 Å². The largest absolute Gasteiger partial charge is 0.399 e. The summed E-state index contributed by atoms with van der Waals surface area (Å²) < 4.78 is 12.1. The molecule has 1 atom stereocenters. The summed E-state index contributed by atoms with van der Waals surface area (Å²) in [6.45, 7) is 0. The number of hydrogen-bond acceptors (Lipinski definition) is 2. The van der Waals surface area contributed by atoms with E-state index in [9.17, 15) is 4.21 Å². The molecule has 0 heterocycles. The zero-order chi connectivity index (χ0) is 11.5. The summed E-state index contributed by atoms with van der Waals surface area (Å²) in [6.07, 6.45) is 4.62. The van der Waals surface area contributed by atoms with Crippen molar-refractivity contribution in [2.45, 2.75) is 36.7 Å². The highest BCUT2D eigenvalue weighted by molar-refractivity contribution is 7.84. The van der Waals surface area contributed by atoms with Crippen molar-refractivity contribution in [1.29, 1.82) is 0 Å². The number of nitrogens with two attached hydrogens (primary N) is 1. The lowest BCUT2D eigenvalue weighted by molar-refractivity contribution is 0.668. The van der Waals surface area contributed by atoms with Crippen molar-refractivity contribution in [3.05, 3.63) is 28.8 Å². The number of nitrogen functional groups attached to an aromatic ring is 1. The van der Waals surface area contributed by atoms with E-state index in [1.165, 1.54) is 12.8 Å². The average molecular weight is 258 g/mol. The number of benzene rings is 1. The van der Waals surface area contributed by atoms with Gasteiger partial charge in [0.25, 0.3) is 0 Å². The number of hydrogen-bond donors (Lipinski definition) is 1. The SMILES string of the molecule is Nc1ccc(CS(=O)C2CCCC2)c(Cl)c1. The van der Waals surface area contributed by atoms with Gasteiger partial charge in [-0.2, -0.15) is 0 Å². The lowest BCUT2D eigenvalue weighted by Crippen LogP contribution is -2.12. The molecule has 1 aromatic carbocycles. The van der Waals surface area contributed by atoms with Crippen molar-refractivity contribution in [2.75, 3.05) is 5.73 Å². The van der Waals surface area contributed by atoms with Crippen molar-refractivity contribution in [3.63, 3.8) is 0 Å². The van der Waals surface area contributed by atoms with Crippen LogP contribution in [0, 0.1) is 0 Å². The molecule has 88 valence electrons. The molecule has 0 aromatic heterocycles. The first-order valence-corrected chi connectivity index (χ1v) is 7.34. The molecule has 0 aliphatic heterocycles. The third-order valence-electron chi connectivity index (χ3n) is 3.05. The predicted molar refractivity (Wildman–Crippen MR) is 70.0 cm³/mol. The molecule has 0 bridgehead atoms. The van der Waals surface area contributed by atoms with Gasteiger partial charge in [0, 0.05) is 26.8 Å². The summed E-state index contributed by atoms with van der Waals surface area (Å²) in [5, 5.41) is 1.000. The molecule has 2 N–H and O–H groups in total. The predicted octanol–water partition coefficient (Wildman–Crippen LogP) is 3.11. The van der Waals surface area contributed by atoms with Crippen molar-refractivity contribution in [3.8, 4) is 0 Å². The zero-order valence-corrected chi connectivity index (χ0v) is 10.7. The standard InChI is InChI=1S/C12H16ClNOS/c13-12-7-10(14)6-5-9(12)8-16(15)11-3-1-2-4-11/h5-7,11H,1-4,8,14H2. The van der Waals surface area contributed by atoms with Crippen LogP contribution < -0.4 is 5.73 Å². The Bertz CT molecular complexity index is 402. The molecule has 16 heavy (non-hydrogen) atoms. The molecule has 0 saturated heterocycles. The Morgan fingerprint density at radius 1 is 1.38 bits per heavy atom. The summed E-state index contributed by atoms with van der Waals surface area (Å²) in [6, 6.07) is 5.42. The Labute approximate surface area is 104 Å². The molecule has 0 spiro atoms. The molecule has 0 radical (unpaired) electrons. The topological polar surface area (TPSA) is 43.1 Å². The maximum absolute atomic E-state index is 12.1. The second-order valence-electron chi connectivity index (χ2n) is 4.28. The molecular weight excluding hydrogens is 242 g/mol. The smallest absolute Gasteiger partial charge is 0.0503 e. The van der Waals surface area contributed by atoms with Gasteiger partial charge in [-0.3, -0.25) is 4.21 Å². The quantitative estimate of drug-likeness (QED) is 0.846. The lowest BCUT2D eigenvalue weighted by Gasteiger charge is -2.10. The van der Waals surface area contributed by atoms with Gasteiger partial charge in [0.1, 0.15) is 0 Å². The highest BCUT2D eigenvalue weighted by atomic mass is 35.5. The van der Waals surface area contributed by atoms with E-state index in [0.29, 0.717) is 21.7 Å². The van der Waals surface area contributed by atoms with E-state index >= 15 is 0 Å². The normalized spacial score (nSPS) is 18.8. The Balaban J connectivity index is 2.05. The Morgan fingerprint density at radius 3 is 2.69 bits per heavy atom. The third kappa shape index (κ3) is 2.77. The van der Waals surface area contributed by atoms with Crippen molar-refractivity contribution in [1.82, 2.24) is 0 Å². The van der Waals surface area contributed by atoms with Crippen LogP contribution in [0.25, 0.3) is 0 Å². The van der Waals surface area contributed by atoms with E-state index in [1.54, 1.807) is 6.07 Å². The summed E-state index contributed by atoms with van der Waals surface area (Å²) >= 11 is 6.07. The van der Waals surface area contributed by atoms with E-state index < -0.39 is 10.8 Å². The molecule has 1 aromatic rings. The molecular formula is C12H16ClNOS. The van der Waals surface area contributed by atoms with Gasteiger partial charge in [0.15, 0.2) is 0 Å². The first-order valence-electron chi connectivity index (χ1n) is 5.58.